The number of hydrogen-bond acceptors (Lipinski definition) is 9. The topological polar surface area (TPSA) is 164 Å². The number of aliphatic carboxylic acids is 1. The fourth-order valence-electron chi connectivity index (χ4n) is 3.33. The molecule has 2 aromatic heterocycles. The third-order valence-corrected chi connectivity index (χ3v) is 4.36. The minimum absolute atomic E-state index is 0.216. The quantitative estimate of drug-likeness (QED) is 0.603. The first kappa shape index (κ1) is 17.6. The molecule has 4 atom stereocenters. The maximum Gasteiger partial charge on any atom is 0.322 e. The predicted octanol–water partition coefficient (Wildman–Crippen LogP) is -0.973. The number of carbonyl (C=O) groups is 2. The lowest BCUT2D eigenvalue weighted by Gasteiger charge is -2.24. The number of hydrogen-bond donors (Lipinski definition) is 3. The van der Waals surface area contributed by atoms with Gasteiger partial charge in [0.1, 0.15) is 30.6 Å². The van der Waals surface area contributed by atoms with E-state index in [0.717, 1.165) is 0 Å². The summed E-state index contributed by atoms with van der Waals surface area (Å²) in [6, 6.07) is 0. The van der Waals surface area contributed by atoms with Gasteiger partial charge >= 0.3 is 5.97 Å². The van der Waals surface area contributed by atoms with Crippen molar-refractivity contribution < 1.29 is 28.9 Å². The number of ether oxygens (including phenoxy) is 3. The zero-order chi connectivity index (χ0) is 19.3. The molecule has 12 nitrogen and oxygen atoms in total. The lowest BCUT2D eigenvalue weighted by molar-refractivity contribution is -0.197. The zero-order valence-corrected chi connectivity index (χ0v) is 14.5. The molecule has 0 saturated carbocycles. The van der Waals surface area contributed by atoms with Gasteiger partial charge in [0.15, 0.2) is 29.6 Å². The predicted molar refractivity (Wildman–Crippen MR) is 88.1 cm³/mol. The second kappa shape index (κ2) is 6.11. The summed E-state index contributed by atoms with van der Waals surface area (Å²) in [4.78, 5) is 35.4. The summed E-state index contributed by atoms with van der Waals surface area (Å²) in [7, 11) is 0. The van der Waals surface area contributed by atoms with Crippen LogP contribution >= 0.6 is 0 Å². The Kier molecular flexibility index (Phi) is 3.98. The van der Waals surface area contributed by atoms with E-state index in [0.29, 0.717) is 11.2 Å². The van der Waals surface area contributed by atoms with E-state index < -0.39 is 48.7 Å². The van der Waals surface area contributed by atoms with Crippen LogP contribution in [0.1, 0.15) is 20.1 Å². The summed E-state index contributed by atoms with van der Waals surface area (Å²) >= 11 is 0. The Bertz CT molecular complexity index is 913. The van der Waals surface area contributed by atoms with Gasteiger partial charge in [-0.25, -0.2) is 15.0 Å². The first-order valence-corrected chi connectivity index (χ1v) is 8.20. The molecule has 0 radical (unpaired) electrons. The number of aromatic nitrogens is 4. The molecule has 2 fully saturated rings. The summed E-state index contributed by atoms with van der Waals surface area (Å²) in [5.74, 6) is -2.48. The van der Waals surface area contributed by atoms with Crippen molar-refractivity contribution in [3.8, 4) is 0 Å². The number of nitrogens with zero attached hydrogens (tertiary/aromatic N) is 4. The minimum atomic E-state index is -1.16. The molecule has 2 saturated heterocycles. The Labute approximate surface area is 152 Å². The van der Waals surface area contributed by atoms with Crippen molar-refractivity contribution in [1.82, 2.24) is 24.8 Å². The SMILES string of the molecule is CC1(C)O[C@@H]2[C@@H](O1)[C@H](n1cnc3c(N)ncnc31)O[C@@H]2C(=O)NCC(=O)O. The second-order valence-electron chi connectivity index (χ2n) is 6.71. The third kappa shape index (κ3) is 2.97. The normalized spacial score (nSPS) is 29.0. The summed E-state index contributed by atoms with van der Waals surface area (Å²) in [5.41, 5.74) is 6.64. The fourth-order valence-corrected chi connectivity index (χ4v) is 3.33. The Morgan fingerprint density at radius 3 is 2.78 bits per heavy atom. The van der Waals surface area contributed by atoms with Crippen LogP contribution < -0.4 is 11.1 Å². The van der Waals surface area contributed by atoms with Gasteiger partial charge in [0.25, 0.3) is 5.91 Å². The first-order valence-electron chi connectivity index (χ1n) is 8.20. The Balaban J connectivity index is 1.67. The largest absolute Gasteiger partial charge is 0.480 e. The van der Waals surface area contributed by atoms with Crippen molar-refractivity contribution in [2.45, 2.75) is 44.2 Å². The number of amides is 1. The van der Waals surface area contributed by atoms with Gasteiger partial charge in [0.05, 0.1) is 6.33 Å². The van der Waals surface area contributed by atoms with Crippen LogP contribution in [-0.2, 0) is 23.8 Å². The van der Waals surface area contributed by atoms with Crippen LogP contribution in [0.2, 0.25) is 0 Å². The average molecular weight is 378 g/mol. The van der Waals surface area contributed by atoms with Gasteiger partial charge in [-0.05, 0) is 13.8 Å². The van der Waals surface area contributed by atoms with Gasteiger partial charge in [-0.15, -0.1) is 0 Å². The van der Waals surface area contributed by atoms with E-state index in [4.69, 9.17) is 25.1 Å². The van der Waals surface area contributed by atoms with Crippen LogP contribution in [0.5, 0.6) is 0 Å². The lowest BCUT2D eigenvalue weighted by atomic mass is 10.1. The van der Waals surface area contributed by atoms with Crippen LogP contribution in [-0.4, -0.2) is 67.1 Å². The number of nitrogens with two attached hydrogens (primary N) is 1. The first-order chi connectivity index (χ1) is 12.8. The van der Waals surface area contributed by atoms with E-state index in [-0.39, 0.29) is 5.82 Å². The van der Waals surface area contributed by atoms with Crippen molar-refractivity contribution in [2.75, 3.05) is 12.3 Å². The number of fused-ring (bicyclic) bond motifs is 2. The van der Waals surface area contributed by atoms with E-state index in [2.05, 4.69) is 20.3 Å². The van der Waals surface area contributed by atoms with Crippen molar-refractivity contribution in [3.63, 3.8) is 0 Å². The highest BCUT2D eigenvalue weighted by atomic mass is 16.8. The molecule has 0 spiro atoms. The Morgan fingerprint density at radius 2 is 2.04 bits per heavy atom. The van der Waals surface area contributed by atoms with E-state index in [1.807, 2.05) is 0 Å². The van der Waals surface area contributed by atoms with Crippen LogP contribution in [0.3, 0.4) is 0 Å². The smallest absolute Gasteiger partial charge is 0.322 e. The van der Waals surface area contributed by atoms with Crippen molar-refractivity contribution in [1.29, 1.82) is 0 Å². The molecule has 4 N–H and O–H groups in total. The molecule has 0 aromatic carbocycles. The summed E-state index contributed by atoms with van der Waals surface area (Å²) < 4.78 is 19.2. The van der Waals surface area contributed by atoms with Crippen LogP contribution in [0.25, 0.3) is 11.2 Å². The van der Waals surface area contributed by atoms with Gasteiger partial charge in [0, 0.05) is 0 Å². The number of anilines is 1. The number of carbonyl (C=O) groups excluding carboxylic acids is 1. The summed E-state index contributed by atoms with van der Waals surface area (Å²) in [5, 5.41) is 11.1. The second-order valence-corrected chi connectivity index (χ2v) is 6.71. The third-order valence-electron chi connectivity index (χ3n) is 4.36. The molecule has 12 heteroatoms. The molecule has 0 aliphatic carbocycles. The number of nitrogen functional groups attached to an aromatic ring is 1. The van der Waals surface area contributed by atoms with E-state index in [1.165, 1.54) is 12.7 Å². The number of rotatable bonds is 4. The maximum atomic E-state index is 12.4. The monoisotopic (exact) mass is 378 g/mol. The van der Waals surface area contributed by atoms with Gasteiger partial charge in [-0.1, -0.05) is 0 Å². The molecular formula is C15H18N6O6. The van der Waals surface area contributed by atoms with Crippen LogP contribution in [0.4, 0.5) is 5.82 Å². The highest BCUT2D eigenvalue weighted by Crippen LogP contribution is 2.43. The van der Waals surface area contributed by atoms with E-state index >= 15 is 0 Å². The molecular weight excluding hydrogens is 360 g/mol. The van der Waals surface area contributed by atoms with Crippen molar-refractivity contribution >= 4 is 28.9 Å². The lowest BCUT2D eigenvalue weighted by Crippen LogP contribution is -2.44. The average Bonchev–Trinajstić information content (AvgIpc) is 3.24. The molecule has 0 unspecified atom stereocenters. The number of nitrogens with one attached hydrogen (secondary N) is 1. The molecule has 4 rings (SSSR count). The van der Waals surface area contributed by atoms with E-state index in [9.17, 15) is 9.59 Å². The standard InChI is InChI=1S/C15H18N6O6/c1-15(2)26-8-9(13(24)17-3-6(22)23)25-14(10(8)27-15)21-5-20-7-11(16)18-4-19-12(7)21/h4-5,8-10,14H,3H2,1-2H3,(H,17,24)(H,22,23)(H2,16,18,19)/t8-,9-,10+,14+/m0/s1. The van der Waals surface area contributed by atoms with Gasteiger partial charge in [0.2, 0.25) is 0 Å². The van der Waals surface area contributed by atoms with Crippen LogP contribution in [0.15, 0.2) is 12.7 Å². The summed E-state index contributed by atoms with van der Waals surface area (Å²) in [6.07, 6.45) is -0.405. The highest BCUT2D eigenvalue weighted by Gasteiger charge is 2.58. The van der Waals surface area contributed by atoms with E-state index in [1.54, 1.807) is 18.4 Å². The number of carboxylic acid groups (broad SMARTS) is 1. The molecule has 2 aliphatic rings. The van der Waals surface area contributed by atoms with Gasteiger partial charge < -0.3 is 30.4 Å². The van der Waals surface area contributed by atoms with Gasteiger partial charge in [-0.3, -0.25) is 14.2 Å². The highest BCUT2D eigenvalue weighted by molar-refractivity contribution is 5.85. The molecule has 2 aromatic rings. The zero-order valence-electron chi connectivity index (χ0n) is 14.5. The van der Waals surface area contributed by atoms with Gasteiger partial charge in [-0.2, -0.15) is 0 Å². The molecule has 4 heterocycles. The number of carboxylic acids is 1. The molecule has 2 aliphatic heterocycles. The van der Waals surface area contributed by atoms with Crippen LogP contribution in [0, 0.1) is 0 Å². The Hall–Kier alpha value is -2.83. The fraction of sp³-hybridized carbons (Fsp3) is 0.533. The summed E-state index contributed by atoms with van der Waals surface area (Å²) in [6.45, 7) is 2.92. The van der Waals surface area contributed by atoms with Crippen molar-refractivity contribution in [3.05, 3.63) is 12.7 Å². The minimum Gasteiger partial charge on any atom is -0.480 e. The molecule has 1 amide bonds. The van der Waals surface area contributed by atoms with Crippen molar-refractivity contribution in [2.24, 2.45) is 0 Å². The molecule has 144 valence electrons. The molecule has 0 bridgehead atoms. The Morgan fingerprint density at radius 1 is 1.30 bits per heavy atom. The number of imidazole rings is 1. The maximum absolute atomic E-state index is 12.4. The molecule has 27 heavy (non-hydrogen) atoms.